The minimum Gasteiger partial charge on any atom is -0.342 e. The first-order valence-electron chi connectivity index (χ1n) is 3.38. The monoisotopic (exact) mass is 272 g/mol. The second kappa shape index (κ2) is 3.22. The van der Waals surface area contributed by atoms with Gasteiger partial charge >= 0.3 is 0 Å². The van der Waals surface area contributed by atoms with Crippen LogP contribution in [-0.4, -0.2) is 10.1 Å². The van der Waals surface area contributed by atoms with Gasteiger partial charge in [0.2, 0.25) is 12.2 Å². The molecule has 0 aliphatic carbocycles. The summed E-state index contributed by atoms with van der Waals surface area (Å²) in [5, 5.41) is 3.73. The SMILES string of the molecule is Ic1ccc(-c2ncon2)cc1. The van der Waals surface area contributed by atoms with Crippen LogP contribution in [0.5, 0.6) is 0 Å². The average molecular weight is 272 g/mol. The number of rotatable bonds is 1. The molecule has 2 rings (SSSR count). The van der Waals surface area contributed by atoms with Gasteiger partial charge in [0, 0.05) is 9.13 Å². The molecule has 0 aliphatic rings. The highest BCUT2D eigenvalue weighted by Gasteiger charge is 2.00. The second-order valence-electron chi connectivity index (χ2n) is 2.26. The Labute approximate surface area is 82.9 Å². The molecule has 1 aromatic heterocycles. The maximum absolute atomic E-state index is 4.64. The van der Waals surface area contributed by atoms with Crippen molar-refractivity contribution in [1.29, 1.82) is 0 Å². The Morgan fingerprint density at radius 2 is 1.92 bits per heavy atom. The Morgan fingerprint density at radius 3 is 2.50 bits per heavy atom. The summed E-state index contributed by atoms with van der Waals surface area (Å²) in [6.45, 7) is 0. The molecule has 0 N–H and O–H groups in total. The minimum absolute atomic E-state index is 0.631. The lowest BCUT2D eigenvalue weighted by Crippen LogP contribution is -1.79. The highest BCUT2D eigenvalue weighted by atomic mass is 127. The van der Waals surface area contributed by atoms with E-state index in [1.54, 1.807) is 0 Å². The fourth-order valence-corrected chi connectivity index (χ4v) is 1.26. The molecule has 4 heteroatoms. The first-order chi connectivity index (χ1) is 5.86. The zero-order chi connectivity index (χ0) is 8.39. The van der Waals surface area contributed by atoms with Crippen molar-refractivity contribution in [3.63, 3.8) is 0 Å². The molecule has 2 aromatic rings. The van der Waals surface area contributed by atoms with Gasteiger partial charge in [-0.25, -0.2) is 0 Å². The van der Waals surface area contributed by atoms with E-state index in [0.29, 0.717) is 5.82 Å². The fourth-order valence-electron chi connectivity index (χ4n) is 0.897. The van der Waals surface area contributed by atoms with E-state index < -0.39 is 0 Å². The maximum Gasteiger partial charge on any atom is 0.214 e. The summed E-state index contributed by atoms with van der Waals surface area (Å²) in [5.74, 6) is 0.631. The van der Waals surface area contributed by atoms with E-state index >= 15 is 0 Å². The van der Waals surface area contributed by atoms with Gasteiger partial charge in [-0.15, -0.1) is 0 Å². The molecule has 3 nitrogen and oxygen atoms in total. The van der Waals surface area contributed by atoms with Crippen LogP contribution in [0, 0.1) is 3.57 Å². The third-order valence-electron chi connectivity index (χ3n) is 1.46. The van der Waals surface area contributed by atoms with Crippen molar-refractivity contribution < 1.29 is 4.52 Å². The molecule has 0 radical (unpaired) electrons. The summed E-state index contributed by atoms with van der Waals surface area (Å²) in [7, 11) is 0. The first-order valence-corrected chi connectivity index (χ1v) is 4.46. The summed E-state index contributed by atoms with van der Waals surface area (Å²) in [4.78, 5) is 3.94. The molecule has 1 aromatic carbocycles. The molecule has 1 heterocycles. The van der Waals surface area contributed by atoms with Gasteiger partial charge in [0.15, 0.2) is 0 Å². The molecular formula is C8H5IN2O. The maximum atomic E-state index is 4.64. The molecule has 0 saturated carbocycles. The van der Waals surface area contributed by atoms with Crippen molar-refractivity contribution in [3.8, 4) is 11.4 Å². The summed E-state index contributed by atoms with van der Waals surface area (Å²) in [6.07, 6.45) is 1.33. The van der Waals surface area contributed by atoms with Crippen LogP contribution in [0.3, 0.4) is 0 Å². The lowest BCUT2D eigenvalue weighted by atomic mass is 10.2. The van der Waals surface area contributed by atoms with E-state index in [-0.39, 0.29) is 0 Å². The molecule has 60 valence electrons. The summed E-state index contributed by atoms with van der Waals surface area (Å²) >= 11 is 2.25. The van der Waals surface area contributed by atoms with Crippen LogP contribution in [0.2, 0.25) is 0 Å². The molecule has 0 spiro atoms. The highest BCUT2D eigenvalue weighted by Crippen LogP contribution is 2.15. The van der Waals surface area contributed by atoms with Gasteiger partial charge in [-0.05, 0) is 34.7 Å². The molecule has 0 amide bonds. The van der Waals surface area contributed by atoms with Crippen molar-refractivity contribution >= 4 is 22.6 Å². The van der Waals surface area contributed by atoms with E-state index in [0.717, 1.165) is 5.56 Å². The van der Waals surface area contributed by atoms with E-state index in [4.69, 9.17) is 0 Å². The first kappa shape index (κ1) is 7.72. The van der Waals surface area contributed by atoms with Gasteiger partial charge in [0.05, 0.1) is 0 Å². The number of halogens is 1. The zero-order valence-electron chi connectivity index (χ0n) is 6.07. The quantitative estimate of drug-likeness (QED) is 0.748. The summed E-state index contributed by atoms with van der Waals surface area (Å²) in [5.41, 5.74) is 0.976. The number of aromatic nitrogens is 2. The smallest absolute Gasteiger partial charge is 0.214 e. The van der Waals surface area contributed by atoms with Crippen molar-refractivity contribution in [3.05, 3.63) is 34.2 Å². The molecule has 12 heavy (non-hydrogen) atoms. The van der Waals surface area contributed by atoms with Crippen LogP contribution in [-0.2, 0) is 0 Å². The van der Waals surface area contributed by atoms with Gasteiger partial charge in [0.25, 0.3) is 0 Å². The van der Waals surface area contributed by atoms with E-state index in [9.17, 15) is 0 Å². The summed E-state index contributed by atoms with van der Waals surface area (Å²) < 4.78 is 5.83. The van der Waals surface area contributed by atoms with Crippen LogP contribution >= 0.6 is 22.6 Å². The number of hydrogen-bond acceptors (Lipinski definition) is 3. The van der Waals surface area contributed by atoms with E-state index in [2.05, 4.69) is 37.3 Å². The molecule has 0 bridgehead atoms. The standard InChI is InChI=1S/C8H5IN2O/c9-7-3-1-6(2-4-7)8-10-5-12-11-8/h1-5H. The van der Waals surface area contributed by atoms with Crippen LogP contribution in [0.25, 0.3) is 11.4 Å². The number of nitrogens with zero attached hydrogens (tertiary/aromatic N) is 2. The molecule has 0 fully saturated rings. The Kier molecular flexibility index (Phi) is 2.07. The zero-order valence-corrected chi connectivity index (χ0v) is 8.22. The minimum atomic E-state index is 0.631. The van der Waals surface area contributed by atoms with Gasteiger partial charge < -0.3 is 4.52 Å². The molecule has 0 aliphatic heterocycles. The van der Waals surface area contributed by atoms with Gasteiger partial charge in [-0.3, -0.25) is 0 Å². The van der Waals surface area contributed by atoms with Crippen molar-refractivity contribution in [2.45, 2.75) is 0 Å². The topological polar surface area (TPSA) is 38.9 Å². The molecule has 0 saturated heterocycles. The molecule has 0 atom stereocenters. The predicted octanol–water partition coefficient (Wildman–Crippen LogP) is 2.34. The van der Waals surface area contributed by atoms with Crippen LogP contribution in [0.4, 0.5) is 0 Å². The Bertz CT molecular complexity index is 355. The van der Waals surface area contributed by atoms with Crippen LogP contribution < -0.4 is 0 Å². The largest absolute Gasteiger partial charge is 0.342 e. The van der Waals surface area contributed by atoms with Gasteiger partial charge in [0.1, 0.15) is 0 Å². The third kappa shape index (κ3) is 1.47. The van der Waals surface area contributed by atoms with Crippen molar-refractivity contribution in [2.75, 3.05) is 0 Å². The normalized spacial score (nSPS) is 10.1. The third-order valence-corrected chi connectivity index (χ3v) is 2.18. The Hall–Kier alpha value is -0.910. The molecule has 0 unspecified atom stereocenters. The van der Waals surface area contributed by atoms with Gasteiger partial charge in [-0.1, -0.05) is 17.3 Å². The lowest BCUT2D eigenvalue weighted by Gasteiger charge is -1.92. The lowest BCUT2D eigenvalue weighted by molar-refractivity contribution is 0.419. The number of hydrogen-bond donors (Lipinski definition) is 0. The Balaban J connectivity index is 2.43. The number of benzene rings is 1. The predicted molar refractivity (Wildman–Crippen MR) is 52.5 cm³/mol. The van der Waals surface area contributed by atoms with E-state index in [1.807, 2.05) is 24.3 Å². The second-order valence-corrected chi connectivity index (χ2v) is 3.51. The summed E-state index contributed by atoms with van der Waals surface area (Å²) in [6, 6.07) is 7.94. The van der Waals surface area contributed by atoms with Crippen LogP contribution in [0.15, 0.2) is 35.2 Å². The van der Waals surface area contributed by atoms with Crippen molar-refractivity contribution in [1.82, 2.24) is 10.1 Å². The fraction of sp³-hybridized carbons (Fsp3) is 0. The van der Waals surface area contributed by atoms with E-state index in [1.165, 1.54) is 9.96 Å². The Morgan fingerprint density at radius 1 is 1.17 bits per heavy atom. The van der Waals surface area contributed by atoms with Crippen LogP contribution in [0.1, 0.15) is 0 Å². The van der Waals surface area contributed by atoms with Gasteiger partial charge in [-0.2, -0.15) is 4.98 Å². The average Bonchev–Trinajstić information content (AvgIpc) is 2.58. The van der Waals surface area contributed by atoms with Crippen molar-refractivity contribution in [2.24, 2.45) is 0 Å². The highest BCUT2D eigenvalue weighted by molar-refractivity contribution is 14.1. The molecular weight excluding hydrogens is 267 g/mol.